The largest absolute Gasteiger partial charge is 0.361 e. The van der Waals surface area contributed by atoms with Gasteiger partial charge in [-0.15, -0.1) is 0 Å². The number of hydrogen-bond donors (Lipinski definition) is 1. The highest BCUT2D eigenvalue weighted by atomic mass is 16.5. The summed E-state index contributed by atoms with van der Waals surface area (Å²) in [6.07, 6.45) is 7.39. The van der Waals surface area contributed by atoms with Crippen molar-refractivity contribution in [3.8, 4) is 0 Å². The third-order valence-electron chi connectivity index (χ3n) is 4.99. The molecule has 0 saturated carbocycles. The molecule has 2 aromatic heterocycles. The predicted octanol–water partition coefficient (Wildman–Crippen LogP) is 4.11. The molecule has 1 aromatic carbocycles. The summed E-state index contributed by atoms with van der Waals surface area (Å²) in [7, 11) is 0. The number of likely N-dealkylation sites (tertiary alicyclic amines) is 1. The van der Waals surface area contributed by atoms with Crippen LogP contribution in [-0.2, 0) is 13.1 Å². The van der Waals surface area contributed by atoms with Crippen molar-refractivity contribution in [2.45, 2.75) is 45.3 Å². The molecule has 1 saturated heterocycles. The predicted molar refractivity (Wildman–Crippen MR) is 104 cm³/mol. The highest BCUT2D eigenvalue weighted by molar-refractivity contribution is 5.28. The smallest absolute Gasteiger partial charge is 0.222 e. The number of aryl methyl sites for hydroxylation is 1. The molecule has 3 aromatic rings. The maximum Gasteiger partial charge on any atom is 0.222 e. The molecule has 0 spiro atoms. The highest BCUT2D eigenvalue weighted by Crippen LogP contribution is 2.31. The lowest BCUT2D eigenvalue weighted by atomic mass is 9.98. The van der Waals surface area contributed by atoms with Crippen LogP contribution >= 0.6 is 0 Å². The Morgan fingerprint density at radius 3 is 2.67 bits per heavy atom. The van der Waals surface area contributed by atoms with E-state index in [2.05, 4.69) is 43.5 Å². The van der Waals surface area contributed by atoms with Crippen LogP contribution in [0.2, 0.25) is 0 Å². The Kier molecular flexibility index (Phi) is 5.44. The molecule has 0 bridgehead atoms. The zero-order valence-corrected chi connectivity index (χ0v) is 15.6. The maximum atomic E-state index is 5.29. The Morgan fingerprint density at radius 2 is 1.93 bits per heavy atom. The lowest BCUT2D eigenvalue weighted by Gasteiger charge is -2.34. The molecule has 27 heavy (non-hydrogen) atoms. The Balaban J connectivity index is 1.38. The van der Waals surface area contributed by atoms with Gasteiger partial charge in [0.05, 0.1) is 6.04 Å². The summed E-state index contributed by atoms with van der Waals surface area (Å²) >= 11 is 0. The van der Waals surface area contributed by atoms with Gasteiger partial charge in [-0.2, -0.15) is 0 Å². The van der Waals surface area contributed by atoms with Crippen LogP contribution in [0.1, 0.15) is 47.9 Å². The van der Waals surface area contributed by atoms with Crippen molar-refractivity contribution >= 4 is 5.95 Å². The van der Waals surface area contributed by atoms with Crippen LogP contribution in [0.15, 0.2) is 53.3 Å². The first-order valence-electron chi connectivity index (χ1n) is 9.54. The number of nitrogens with zero attached hydrogens (tertiary/aromatic N) is 4. The molecule has 0 amide bonds. The van der Waals surface area contributed by atoms with E-state index >= 15 is 0 Å². The molecule has 3 heterocycles. The third-order valence-corrected chi connectivity index (χ3v) is 4.99. The van der Waals surface area contributed by atoms with Crippen molar-refractivity contribution in [1.82, 2.24) is 20.0 Å². The summed E-state index contributed by atoms with van der Waals surface area (Å²) in [5.74, 6) is 1.53. The van der Waals surface area contributed by atoms with Gasteiger partial charge in [-0.3, -0.25) is 4.90 Å². The Labute approximate surface area is 159 Å². The molecule has 1 atom stereocenters. The molecule has 1 aliphatic heterocycles. The van der Waals surface area contributed by atoms with Gasteiger partial charge in [0.1, 0.15) is 11.5 Å². The molecule has 4 rings (SSSR count). The highest BCUT2D eigenvalue weighted by Gasteiger charge is 2.26. The number of piperidine rings is 1. The van der Waals surface area contributed by atoms with E-state index < -0.39 is 0 Å². The second kappa shape index (κ2) is 8.31. The van der Waals surface area contributed by atoms with Crippen molar-refractivity contribution in [3.05, 3.63) is 71.4 Å². The summed E-state index contributed by atoms with van der Waals surface area (Å²) in [5, 5.41) is 7.51. The minimum atomic E-state index is 0.312. The van der Waals surface area contributed by atoms with Gasteiger partial charge in [0, 0.05) is 37.1 Å². The van der Waals surface area contributed by atoms with E-state index in [-0.39, 0.29) is 0 Å². The lowest BCUT2D eigenvalue weighted by Crippen LogP contribution is -2.33. The summed E-state index contributed by atoms with van der Waals surface area (Å²) in [6, 6.07) is 12.6. The number of anilines is 1. The maximum absolute atomic E-state index is 5.29. The van der Waals surface area contributed by atoms with Gasteiger partial charge >= 0.3 is 0 Å². The van der Waals surface area contributed by atoms with Crippen molar-refractivity contribution in [2.24, 2.45) is 0 Å². The monoisotopic (exact) mass is 363 g/mol. The van der Waals surface area contributed by atoms with Crippen LogP contribution in [0, 0.1) is 6.92 Å². The second-order valence-corrected chi connectivity index (χ2v) is 7.10. The summed E-state index contributed by atoms with van der Waals surface area (Å²) in [5.41, 5.74) is 3.37. The molecule has 0 unspecified atom stereocenters. The summed E-state index contributed by atoms with van der Waals surface area (Å²) in [4.78, 5) is 11.4. The topological polar surface area (TPSA) is 67.1 Å². The number of aromatic nitrogens is 3. The first-order valence-corrected chi connectivity index (χ1v) is 9.54. The van der Waals surface area contributed by atoms with Gasteiger partial charge in [-0.05, 0) is 31.9 Å². The van der Waals surface area contributed by atoms with Crippen LogP contribution in [-0.4, -0.2) is 26.6 Å². The van der Waals surface area contributed by atoms with E-state index in [9.17, 15) is 0 Å². The third kappa shape index (κ3) is 4.52. The molecule has 1 N–H and O–H groups in total. The van der Waals surface area contributed by atoms with Crippen LogP contribution < -0.4 is 5.32 Å². The van der Waals surface area contributed by atoms with Gasteiger partial charge in [0.2, 0.25) is 5.95 Å². The quantitative estimate of drug-likeness (QED) is 0.711. The number of rotatable bonds is 6. The fourth-order valence-corrected chi connectivity index (χ4v) is 3.60. The molecule has 1 fully saturated rings. The van der Waals surface area contributed by atoms with Crippen molar-refractivity contribution in [2.75, 3.05) is 11.9 Å². The Morgan fingerprint density at radius 1 is 1.11 bits per heavy atom. The first kappa shape index (κ1) is 17.7. The average Bonchev–Trinajstić information content (AvgIpc) is 3.15. The zero-order valence-electron chi connectivity index (χ0n) is 15.6. The number of benzene rings is 1. The van der Waals surface area contributed by atoms with E-state index in [1.54, 1.807) is 0 Å². The second-order valence-electron chi connectivity index (χ2n) is 7.10. The van der Waals surface area contributed by atoms with E-state index in [1.807, 2.05) is 37.5 Å². The van der Waals surface area contributed by atoms with E-state index in [1.165, 1.54) is 18.4 Å². The van der Waals surface area contributed by atoms with Crippen LogP contribution in [0.4, 0.5) is 5.95 Å². The molecular weight excluding hydrogens is 338 g/mol. The van der Waals surface area contributed by atoms with E-state index in [4.69, 9.17) is 4.52 Å². The summed E-state index contributed by atoms with van der Waals surface area (Å²) in [6.45, 7) is 4.55. The molecule has 0 radical (unpaired) electrons. The van der Waals surface area contributed by atoms with Crippen LogP contribution in [0.5, 0.6) is 0 Å². The minimum absolute atomic E-state index is 0.312. The van der Waals surface area contributed by atoms with Crippen molar-refractivity contribution < 1.29 is 4.52 Å². The van der Waals surface area contributed by atoms with Gasteiger partial charge in [-0.25, -0.2) is 9.97 Å². The minimum Gasteiger partial charge on any atom is -0.361 e. The Bertz CT molecular complexity index is 847. The van der Waals surface area contributed by atoms with Crippen LogP contribution in [0.25, 0.3) is 0 Å². The Hall–Kier alpha value is -2.73. The van der Waals surface area contributed by atoms with Gasteiger partial charge in [-0.1, -0.05) is 41.9 Å². The molecular formula is C21H25N5O. The molecule has 6 heteroatoms. The standard InChI is InChI=1S/C21H25N5O/c1-16-11-19(25-27-16)20-9-5-6-10-26(20)15-18-13-23-21(24-14-18)22-12-17-7-3-2-4-8-17/h2-4,7-8,11,13-14,20H,5-6,9-10,12,15H2,1H3,(H,22,23,24)/t20-/m1/s1. The summed E-state index contributed by atoms with van der Waals surface area (Å²) < 4.78 is 5.29. The lowest BCUT2D eigenvalue weighted by molar-refractivity contribution is 0.133. The van der Waals surface area contributed by atoms with E-state index in [0.717, 1.165) is 43.1 Å². The fourth-order valence-electron chi connectivity index (χ4n) is 3.60. The molecule has 0 aliphatic carbocycles. The van der Waals surface area contributed by atoms with Gasteiger partial charge < -0.3 is 9.84 Å². The average molecular weight is 363 g/mol. The molecule has 140 valence electrons. The fraction of sp³-hybridized carbons (Fsp3) is 0.381. The van der Waals surface area contributed by atoms with E-state index in [0.29, 0.717) is 12.0 Å². The normalized spacial score (nSPS) is 17.7. The van der Waals surface area contributed by atoms with Crippen molar-refractivity contribution in [1.29, 1.82) is 0 Å². The first-order chi connectivity index (χ1) is 13.3. The number of hydrogen-bond acceptors (Lipinski definition) is 6. The molecule has 1 aliphatic rings. The SMILES string of the molecule is Cc1cc([C@H]2CCCCN2Cc2cnc(NCc3ccccc3)nc2)no1. The number of nitrogens with one attached hydrogen (secondary N) is 1. The zero-order chi connectivity index (χ0) is 18.5. The van der Waals surface area contributed by atoms with Gasteiger partial charge in [0.25, 0.3) is 0 Å². The van der Waals surface area contributed by atoms with Crippen LogP contribution in [0.3, 0.4) is 0 Å². The van der Waals surface area contributed by atoms with Crippen molar-refractivity contribution in [3.63, 3.8) is 0 Å². The van der Waals surface area contributed by atoms with Gasteiger partial charge in [0.15, 0.2) is 0 Å². The molecule has 6 nitrogen and oxygen atoms in total.